The second-order valence-electron chi connectivity index (χ2n) is 12.9. The van der Waals surface area contributed by atoms with Crippen LogP contribution in [0.4, 0.5) is 17.6 Å². The van der Waals surface area contributed by atoms with E-state index >= 15 is 0 Å². The van der Waals surface area contributed by atoms with Crippen molar-refractivity contribution in [3.05, 3.63) is 144 Å². The number of halogens is 4. The molecule has 270 valence electrons. The van der Waals surface area contributed by atoms with E-state index in [1.807, 2.05) is 31.2 Å². The fourth-order valence-corrected chi connectivity index (χ4v) is 6.47. The third-order valence-corrected chi connectivity index (χ3v) is 9.05. The zero-order valence-corrected chi connectivity index (χ0v) is 30.4. The number of benzene rings is 3. The number of allylic oxidation sites excluding steroid dienone is 4. The molecule has 0 radical (unpaired) electrons. The van der Waals surface area contributed by atoms with Gasteiger partial charge in [0.1, 0.15) is 5.82 Å². The zero-order valence-electron chi connectivity index (χ0n) is 30.4. The van der Waals surface area contributed by atoms with Crippen molar-refractivity contribution in [1.82, 2.24) is 9.88 Å². The number of nitrogens with zero attached hydrogens (tertiary/aromatic N) is 1. The van der Waals surface area contributed by atoms with Crippen molar-refractivity contribution < 1.29 is 22.3 Å². The Morgan fingerprint density at radius 2 is 1.65 bits per heavy atom. The number of ether oxygens (including phenoxy) is 1. The second-order valence-corrected chi connectivity index (χ2v) is 12.9. The van der Waals surface area contributed by atoms with Crippen molar-refractivity contribution in [3.63, 3.8) is 0 Å². The van der Waals surface area contributed by atoms with Gasteiger partial charge in [0, 0.05) is 35.8 Å². The molecule has 3 aromatic carbocycles. The van der Waals surface area contributed by atoms with Crippen LogP contribution < -0.4 is 5.32 Å². The summed E-state index contributed by atoms with van der Waals surface area (Å²) in [5.41, 5.74) is 6.57. The lowest BCUT2D eigenvalue weighted by atomic mass is 9.93. The molecule has 1 unspecified atom stereocenters. The van der Waals surface area contributed by atoms with Crippen LogP contribution in [0.15, 0.2) is 110 Å². The summed E-state index contributed by atoms with van der Waals surface area (Å²) in [6.45, 7) is 16.3. The first-order chi connectivity index (χ1) is 24.4. The summed E-state index contributed by atoms with van der Waals surface area (Å²) in [5.74, 6) is 0.489. The summed E-state index contributed by atoms with van der Waals surface area (Å²) < 4.78 is 63.9. The van der Waals surface area contributed by atoms with Crippen LogP contribution in [0.5, 0.6) is 0 Å². The molecule has 4 rings (SSSR count). The third-order valence-electron chi connectivity index (χ3n) is 9.05. The molecule has 0 spiro atoms. The van der Waals surface area contributed by atoms with E-state index in [1.54, 1.807) is 38.3 Å². The summed E-state index contributed by atoms with van der Waals surface area (Å²) in [4.78, 5) is 0. The molecule has 3 nitrogen and oxygen atoms in total. The van der Waals surface area contributed by atoms with Crippen LogP contribution >= 0.6 is 0 Å². The van der Waals surface area contributed by atoms with Gasteiger partial charge >= 0.3 is 6.18 Å². The summed E-state index contributed by atoms with van der Waals surface area (Å²) >= 11 is 0. The summed E-state index contributed by atoms with van der Waals surface area (Å²) in [6, 6.07) is 21.2. The maximum Gasteiger partial charge on any atom is 0.416 e. The Morgan fingerprint density at radius 3 is 2.24 bits per heavy atom. The van der Waals surface area contributed by atoms with Crippen molar-refractivity contribution in [1.29, 1.82) is 0 Å². The molecule has 0 saturated heterocycles. The Hall–Kier alpha value is -4.78. The van der Waals surface area contributed by atoms with Gasteiger partial charge in [-0.1, -0.05) is 93.3 Å². The molecule has 51 heavy (non-hydrogen) atoms. The minimum Gasteiger partial charge on any atom is -0.502 e. The molecule has 1 atom stereocenters. The fourth-order valence-electron chi connectivity index (χ4n) is 6.47. The van der Waals surface area contributed by atoms with Crippen LogP contribution in [0.3, 0.4) is 0 Å². The molecular formula is C44H50F4N2O. The Morgan fingerprint density at radius 1 is 0.961 bits per heavy atom. The minimum atomic E-state index is -4.44. The number of aromatic nitrogens is 1. The van der Waals surface area contributed by atoms with Gasteiger partial charge in [0.15, 0.2) is 0 Å². The summed E-state index contributed by atoms with van der Waals surface area (Å²) in [5, 5.41) is 3.55. The first-order valence-corrected chi connectivity index (χ1v) is 17.7. The summed E-state index contributed by atoms with van der Waals surface area (Å²) in [6.07, 6.45) is 7.35. The van der Waals surface area contributed by atoms with Gasteiger partial charge in [0.2, 0.25) is 0 Å². The lowest BCUT2D eigenvalue weighted by molar-refractivity contribution is -0.138. The van der Waals surface area contributed by atoms with Crippen molar-refractivity contribution in [2.75, 3.05) is 7.11 Å². The number of alkyl halides is 3. The van der Waals surface area contributed by atoms with Crippen molar-refractivity contribution in [2.45, 2.75) is 78.6 Å². The lowest BCUT2D eigenvalue weighted by Gasteiger charge is -2.21. The highest BCUT2D eigenvalue weighted by Gasteiger charge is 2.33. The van der Waals surface area contributed by atoms with Crippen molar-refractivity contribution >= 4 is 11.8 Å². The van der Waals surface area contributed by atoms with Crippen molar-refractivity contribution in [2.24, 2.45) is 5.92 Å². The highest BCUT2D eigenvalue weighted by atomic mass is 19.4. The molecule has 0 bridgehead atoms. The second kappa shape index (κ2) is 17.9. The van der Waals surface area contributed by atoms with E-state index in [4.69, 9.17) is 4.74 Å². The average molecular weight is 699 g/mol. The van der Waals surface area contributed by atoms with Gasteiger partial charge in [-0.2, -0.15) is 13.2 Å². The molecule has 0 aliphatic carbocycles. The van der Waals surface area contributed by atoms with E-state index in [9.17, 15) is 17.6 Å². The molecule has 0 aliphatic heterocycles. The van der Waals surface area contributed by atoms with E-state index < -0.39 is 11.7 Å². The zero-order chi connectivity index (χ0) is 37.1. The Balaban J connectivity index is 1.96. The van der Waals surface area contributed by atoms with Crippen LogP contribution in [0.2, 0.25) is 0 Å². The van der Waals surface area contributed by atoms with Crippen LogP contribution in [-0.4, -0.2) is 11.7 Å². The molecule has 1 N–H and O–H groups in total. The molecule has 4 aromatic rings. The van der Waals surface area contributed by atoms with Crippen molar-refractivity contribution in [3.8, 4) is 22.3 Å². The average Bonchev–Trinajstić information content (AvgIpc) is 3.46. The fraction of sp³-hybridized carbons (Fsp3) is 0.318. The molecule has 0 aliphatic rings. The molecule has 0 amide bonds. The van der Waals surface area contributed by atoms with E-state index in [-0.39, 0.29) is 29.9 Å². The van der Waals surface area contributed by atoms with Crippen LogP contribution in [0, 0.1) is 11.7 Å². The predicted octanol–water partition coefficient (Wildman–Crippen LogP) is 12.8. The number of hydrogen-bond donors (Lipinski definition) is 1. The van der Waals surface area contributed by atoms with Gasteiger partial charge < -0.3 is 14.6 Å². The Labute approximate surface area is 301 Å². The van der Waals surface area contributed by atoms with E-state index in [1.165, 1.54) is 18.2 Å². The van der Waals surface area contributed by atoms with Gasteiger partial charge in [0.05, 0.1) is 29.8 Å². The first kappa shape index (κ1) is 39.0. The van der Waals surface area contributed by atoms with Gasteiger partial charge in [0.25, 0.3) is 0 Å². The standard InChI is InChI=1S/C44H50F4N2O/c1-8-15-39(49-29-33-20-22-34(10-3)38(28-33)44(46,47)48)43-42(35-18-12-11-13-19-35)41(36-23-25-37(45)26-24-36)40(50(43)30(4)5)27-21-32(9-2)17-14-16-31(6)51-7/h9,11-13,15,18-28,30,32,49H,2,6,8,10,14,16-17,29H2,1,3-5,7H3/b27-21+,39-15+. The number of nitrogens with one attached hydrogen (secondary N) is 1. The molecular weight excluding hydrogens is 648 g/mol. The number of aryl methyl sites for hydroxylation is 1. The van der Waals surface area contributed by atoms with Gasteiger partial charge in [-0.05, 0) is 92.0 Å². The van der Waals surface area contributed by atoms with E-state index in [0.717, 1.165) is 64.4 Å². The smallest absolute Gasteiger partial charge is 0.416 e. The van der Waals surface area contributed by atoms with E-state index in [2.05, 4.69) is 67.3 Å². The normalized spacial score (nSPS) is 12.8. The van der Waals surface area contributed by atoms with Gasteiger partial charge in [-0.15, -0.1) is 6.58 Å². The molecule has 7 heteroatoms. The van der Waals surface area contributed by atoms with Crippen LogP contribution in [0.1, 0.15) is 87.5 Å². The van der Waals surface area contributed by atoms with Gasteiger partial charge in [-0.25, -0.2) is 4.39 Å². The maximum absolute atomic E-state index is 14.3. The molecule has 1 heterocycles. The highest BCUT2D eigenvalue weighted by Crippen LogP contribution is 2.45. The topological polar surface area (TPSA) is 26.2 Å². The quantitative estimate of drug-likeness (QED) is 0.0675. The number of methoxy groups -OCH3 is 1. The number of hydrogen-bond acceptors (Lipinski definition) is 2. The predicted molar refractivity (Wildman–Crippen MR) is 204 cm³/mol. The minimum absolute atomic E-state index is 0.0220. The molecule has 1 aromatic heterocycles. The SMILES string of the molecule is C=CC(/C=C/c1c(-c2ccc(F)cc2)c(-c2ccccc2)c(/C(=C\CC)NCc2ccc(CC)c(C(F)(F)F)c2)n1C(C)C)CCCC(=C)OC. The van der Waals surface area contributed by atoms with Crippen LogP contribution in [-0.2, 0) is 23.9 Å². The van der Waals surface area contributed by atoms with Gasteiger partial charge in [-0.3, -0.25) is 0 Å². The molecule has 0 saturated carbocycles. The molecule has 0 fully saturated rings. The Kier molecular flexibility index (Phi) is 13.7. The van der Waals surface area contributed by atoms with E-state index in [0.29, 0.717) is 18.4 Å². The van der Waals surface area contributed by atoms with Crippen LogP contribution in [0.25, 0.3) is 34.0 Å². The number of rotatable bonds is 17. The highest BCUT2D eigenvalue weighted by molar-refractivity contribution is 5.96. The largest absolute Gasteiger partial charge is 0.502 e. The summed E-state index contributed by atoms with van der Waals surface area (Å²) in [7, 11) is 1.63. The lowest BCUT2D eigenvalue weighted by Crippen LogP contribution is -2.18. The third kappa shape index (κ3) is 9.72. The monoisotopic (exact) mass is 698 g/mol. The first-order valence-electron chi connectivity index (χ1n) is 17.7. The Bertz CT molecular complexity index is 1830. The maximum atomic E-state index is 14.3.